The number of furan rings is 1. The minimum absolute atomic E-state index is 0.166. The van der Waals surface area contributed by atoms with E-state index in [1.807, 2.05) is 31.2 Å². The highest BCUT2D eigenvalue weighted by molar-refractivity contribution is 5.95. The highest BCUT2D eigenvalue weighted by Crippen LogP contribution is 2.27. The second-order valence-corrected chi connectivity index (χ2v) is 10.8. The molecule has 0 saturated carbocycles. The van der Waals surface area contributed by atoms with Gasteiger partial charge in [0.05, 0.1) is 11.8 Å². The van der Waals surface area contributed by atoms with Crippen molar-refractivity contribution in [2.45, 2.75) is 26.2 Å². The van der Waals surface area contributed by atoms with Gasteiger partial charge in [0.25, 0.3) is 0 Å². The van der Waals surface area contributed by atoms with Crippen LogP contribution in [0.4, 0.5) is 23.5 Å². The molecule has 1 fully saturated rings. The smallest absolute Gasteiger partial charge is 0.336 e. The van der Waals surface area contributed by atoms with Gasteiger partial charge in [-0.25, -0.2) is 10.2 Å². The van der Waals surface area contributed by atoms with Crippen molar-refractivity contribution in [3.63, 3.8) is 0 Å². The number of carboxylic acid groups (broad SMARTS) is 1. The second-order valence-electron chi connectivity index (χ2n) is 10.8. The highest BCUT2D eigenvalue weighted by atomic mass is 16.4. The third-order valence-corrected chi connectivity index (χ3v) is 7.60. The molecule has 3 heterocycles. The Morgan fingerprint density at radius 2 is 1.66 bits per heavy atom. The lowest BCUT2D eigenvalue weighted by molar-refractivity contribution is 0.0697. The molecule has 1 saturated heterocycles. The summed E-state index contributed by atoms with van der Waals surface area (Å²) >= 11 is 0. The SMILES string of the molecule is Cc1ccc(Nc2nc(N/N=C/c3ccc(-c4ccccc4C(=O)O)o3)nc(N3CCC(Cc4ccccc4)CC3)n2)cc1. The molecule has 1 aliphatic rings. The number of hydrogen-bond acceptors (Lipinski definition) is 9. The Morgan fingerprint density at radius 3 is 2.43 bits per heavy atom. The first-order valence-electron chi connectivity index (χ1n) is 14.6. The predicted octanol–water partition coefficient (Wildman–Crippen LogP) is 6.79. The fraction of sp³-hybridized carbons (Fsp3) is 0.206. The van der Waals surface area contributed by atoms with Crippen molar-refractivity contribution in [2.24, 2.45) is 11.0 Å². The number of carbonyl (C=O) groups is 1. The predicted molar refractivity (Wildman–Crippen MR) is 172 cm³/mol. The molecule has 3 N–H and O–H groups in total. The summed E-state index contributed by atoms with van der Waals surface area (Å²) in [5, 5.41) is 17.1. The van der Waals surface area contributed by atoms with Gasteiger partial charge >= 0.3 is 5.97 Å². The monoisotopic (exact) mass is 587 g/mol. The molecule has 10 nitrogen and oxygen atoms in total. The summed E-state index contributed by atoms with van der Waals surface area (Å²) in [5.41, 5.74) is 6.98. The first kappa shape index (κ1) is 28.6. The van der Waals surface area contributed by atoms with E-state index in [0.717, 1.165) is 43.6 Å². The molecule has 222 valence electrons. The van der Waals surface area contributed by atoms with E-state index >= 15 is 0 Å². The van der Waals surface area contributed by atoms with Gasteiger partial charge in [-0.05, 0) is 68.0 Å². The van der Waals surface area contributed by atoms with E-state index < -0.39 is 5.97 Å². The van der Waals surface area contributed by atoms with E-state index in [-0.39, 0.29) is 11.5 Å². The van der Waals surface area contributed by atoms with E-state index in [9.17, 15) is 9.90 Å². The van der Waals surface area contributed by atoms with Crippen LogP contribution >= 0.6 is 0 Å². The average Bonchev–Trinajstić information content (AvgIpc) is 3.52. The number of piperidine rings is 1. The number of aryl methyl sites for hydroxylation is 1. The lowest BCUT2D eigenvalue weighted by Gasteiger charge is -2.32. The van der Waals surface area contributed by atoms with Crippen LogP contribution in [0.15, 0.2) is 101 Å². The maximum atomic E-state index is 11.6. The molecule has 0 radical (unpaired) electrons. The number of aromatic nitrogens is 3. The van der Waals surface area contributed by atoms with Crippen LogP contribution in [-0.2, 0) is 6.42 Å². The van der Waals surface area contributed by atoms with Crippen LogP contribution in [0, 0.1) is 12.8 Å². The molecule has 0 atom stereocenters. The molecule has 0 bridgehead atoms. The molecule has 0 spiro atoms. The molecule has 3 aromatic carbocycles. The molecular formula is C34H33N7O3. The Labute approximate surface area is 255 Å². The van der Waals surface area contributed by atoms with Gasteiger partial charge in [0.2, 0.25) is 17.8 Å². The van der Waals surface area contributed by atoms with Crippen LogP contribution in [0.3, 0.4) is 0 Å². The van der Waals surface area contributed by atoms with Gasteiger partial charge in [0.15, 0.2) is 0 Å². The number of hydrogen-bond donors (Lipinski definition) is 3. The molecular weight excluding hydrogens is 554 g/mol. The van der Waals surface area contributed by atoms with Gasteiger partial charge < -0.3 is 19.7 Å². The Morgan fingerprint density at radius 1 is 0.932 bits per heavy atom. The third-order valence-electron chi connectivity index (χ3n) is 7.60. The Balaban J connectivity index is 1.18. The summed E-state index contributed by atoms with van der Waals surface area (Å²) in [5.74, 6) is 1.76. The summed E-state index contributed by atoms with van der Waals surface area (Å²) < 4.78 is 5.86. The molecule has 2 aromatic heterocycles. The number of carboxylic acids is 1. The van der Waals surface area contributed by atoms with Crippen molar-refractivity contribution in [3.05, 3.63) is 113 Å². The zero-order valence-electron chi connectivity index (χ0n) is 24.4. The summed E-state index contributed by atoms with van der Waals surface area (Å²) in [4.78, 5) is 27.8. The van der Waals surface area contributed by atoms with Crippen molar-refractivity contribution in [1.29, 1.82) is 0 Å². The Hall–Kier alpha value is -5.51. The summed E-state index contributed by atoms with van der Waals surface area (Å²) in [6, 6.07) is 28.8. The molecule has 1 aliphatic heterocycles. The number of nitrogens with zero attached hydrogens (tertiary/aromatic N) is 5. The van der Waals surface area contributed by atoms with Gasteiger partial charge in [-0.3, -0.25) is 0 Å². The summed E-state index contributed by atoms with van der Waals surface area (Å²) in [6.45, 7) is 3.74. The third kappa shape index (κ3) is 7.09. The van der Waals surface area contributed by atoms with Gasteiger partial charge in [-0.2, -0.15) is 20.1 Å². The Kier molecular flexibility index (Phi) is 8.58. The fourth-order valence-corrected chi connectivity index (χ4v) is 5.27. The van der Waals surface area contributed by atoms with Crippen molar-refractivity contribution < 1.29 is 14.3 Å². The van der Waals surface area contributed by atoms with Crippen LogP contribution in [0.25, 0.3) is 11.3 Å². The van der Waals surface area contributed by atoms with Crippen molar-refractivity contribution >= 4 is 35.7 Å². The lowest BCUT2D eigenvalue weighted by atomic mass is 9.90. The molecule has 0 aliphatic carbocycles. The maximum absolute atomic E-state index is 11.6. The van der Waals surface area contributed by atoms with Gasteiger partial charge in [0.1, 0.15) is 11.5 Å². The van der Waals surface area contributed by atoms with E-state index in [4.69, 9.17) is 9.40 Å². The van der Waals surface area contributed by atoms with Crippen LogP contribution < -0.4 is 15.6 Å². The van der Waals surface area contributed by atoms with E-state index in [1.54, 1.807) is 36.4 Å². The average molecular weight is 588 g/mol. The number of rotatable bonds is 10. The molecule has 0 unspecified atom stereocenters. The second kappa shape index (κ2) is 13.2. The van der Waals surface area contributed by atoms with Crippen molar-refractivity contribution in [1.82, 2.24) is 15.0 Å². The Bertz CT molecular complexity index is 1740. The van der Waals surface area contributed by atoms with Crippen LogP contribution in [-0.4, -0.2) is 45.3 Å². The summed E-state index contributed by atoms with van der Waals surface area (Å²) in [7, 11) is 0. The number of nitrogens with one attached hydrogen (secondary N) is 2. The number of anilines is 4. The minimum atomic E-state index is -1.02. The quantitative estimate of drug-likeness (QED) is 0.119. The molecule has 0 amide bonds. The highest BCUT2D eigenvalue weighted by Gasteiger charge is 2.23. The van der Waals surface area contributed by atoms with Crippen molar-refractivity contribution in [3.8, 4) is 11.3 Å². The molecule has 6 rings (SSSR count). The zero-order valence-corrected chi connectivity index (χ0v) is 24.4. The topological polar surface area (TPSA) is 129 Å². The maximum Gasteiger partial charge on any atom is 0.336 e. The van der Waals surface area contributed by atoms with Crippen LogP contribution in [0.1, 0.15) is 40.1 Å². The minimum Gasteiger partial charge on any atom is -0.478 e. The molecule has 44 heavy (non-hydrogen) atoms. The van der Waals surface area contributed by atoms with Crippen LogP contribution in [0.2, 0.25) is 0 Å². The number of aromatic carboxylic acids is 1. The fourth-order valence-electron chi connectivity index (χ4n) is 5.27. The van der Waals surface area contributed by atoms with Gasteiger partial charge in [-0.1, -0.05) is 66.2 Å². The normalized spacial score (nSPS) is 13.7. The molecule has 5 aromatic rings. The number of hydrazone groups is 1. The van der Waals surface area contributed by atoms with Gasteiger partial charge in [-0.15, -0.1) is 0 Å². The molecule has 10 heteroatoms. The van der Waals surface area contributed by atoms with Crippen LogP contribution in [0.5, 0.6) is 0 Å². The van der Waals surface area contributed by atoms with Crippen molar-refractivity contribution in [2.75, 3.05) is 28.7 Å². The standard InChI is InChI=1S/C34H33N7O3/c1-23-11-13-26(14-12-23)36-32-37-33(39-34(38-32)41-19-17-25(18-20-41)21-24-7-3-2-4-8-24)40-35-22-27-15-16-30(44-27)28-9-5-6-10-29(28)31(42)43/h2-16,22,25H,17-21H2,1H3,(H,42,43)(H2,36,37,38,39,40)/b35-22+. The summed E-state index contributed by atoms with van der Waals surface area (Å²) in [6.07, 6.45) is 4.67. The van der Waals surface area contributed by atoms with E-state index in [1.165, 1.54) is 11.8 Å². The first-order valence-corrected chi connectivity index (χ1v) is 14.6. The largest absolute Gasteiger partial charge is 0.478 e. The van der Waals surface area contributed by atoms with E-state index in [0.29, 0.717) is 34.9 Å². The first-order chi connectivity index (χ1) is 21.5. The number of benzene rings is 3. The lowest BCUT2D eigenvalue weighted by Crippen LogP contribution is -2.35. The zero-order chi connectivity index (χ0) is 30.3. The van der Waals surface area contributed by atoms with E-state index in [2.05, 4.69) is 61.0 Å². The van der Waals surface area contributed by atoms with Gasteiger partial charge in [0, 0.05) is 24.3 Å².